The monoisotopic (exact) mass is 292 g/mol. The molecule has 0 radical (unpaired) electrons. The molecule has 1 amide bonds. The average Bonchev–Trinajstić information content (AvgIpc) is 2.85. The number of carbonyl (C=O) groups is 1. The molecule has 1 aliphatic carbocycles. The zero-order valence-corrected chi connectivity index (χ0v) is 11.1. The van der Waals surface area contributed by atoms with Gasteiger partial charge in [-0.15, -0.1) is 5.10 Å². The molecule has 1 aromatic carbocycles. The molecule has 1 aromatic heterocycles. The number of hydrogen-bond acceptors (Lipinski definition) is 3. The molecule has 1 aliphatic rings. The Balaban J connectivity index is 1.70. The van der Waals surface area contributed by atoms with Crippen molar-refractivity contribution in [2.45, 2.75) is 31.6 Å². The fourth-order valence-electron chi connectivity index (χ4n) is 2.18. The van der Waals surface area contributed by atoms with Crippen LogP contribution in [-0.2, 0) is 0 Å². The lowest BCUT2D eigenvalue weighted by atomic mass is 9.85. The summed E-state index contributed by atoms with van der Waals surface area (Å²) in [5.74, 6) is 0.809. The molecule has 3 rings (SSSR count). The summed E-state index contributed by atoms with van der Waals surface area (Å²) in [6.07, 6.45) is 0.706. The Morgan fingerprint density at radius 2 is 2.19 bits per heavy atom. The summed E-state index contributed by atoms with van der Waals surface area (Å²) in [5, 5.41) is 9.23. The van der Waals surface area contributed by atoms with Gasteiger partial charge in [0.2, 0.25) is 5.95 Å². The van der Waals surface area contributed by atoms with Crippen LogP contribution in [0.5, 0.6) is 0 Å². The van der Waals surface area contributed by atoms with E-state index in [2.05, 4.69) is 20.5 Å². The molecule has 0 saturated heterocycles. The minimum absolute atomic E-state index is 0.155. The van der Waals surface area contributed by atoms with Crippen LogP contribution in [0.2, 0.25) is 0 Å². The summed E-state index contributed by atoms with van der Waals surface area (Å²) >= 11 is 0. The van der Waals surface area contributed by atoms with E-state index in [0.29, 0.717) is 5.92 Å². The van der Waals surface area contributed by atoms with E-state index in [1.54, 1.807) is 0 Å². The van der Waals surface area contributed by atoms with E-state index in [0.717, 1.165) is 18.7 Å². The highest BCUT2D eigenvalue weighted by molar-refractivity contribution is 6.03. The fourth-order valence-corrected chi connectivity index (χ4v) is 2.18. The minimum atomic E-state index is -2.61. The number of carbonyl (C=O) groups excluding carboxylic acids is 1. The summed E-state index contributed by atoms with van der Waals surface area (Å²) in [5.41, 5.74) is -0.0319. The quantitative estimate of drug-likeness (QED) is 0.908. The van der Waals surface area contributed by atoms with Gasteiger partial charge in [0.05, 0.1) is 0 Å². The van der Waals surface area contributed by atoms with Crippen LogP contribution in [0.25, 0.3) is 0 Å². The topological polar surface area (TPSA) is 70.7 Å². The van der Waals surface area contributed by atoms with Crippen molar-refractivity contribution >= 4 is 11.9 Å². The van der Waals surface area contributed by atoms with Crippen molar-refractivity contribution in [1.82, 2.24) is 15.2 Å². The second-order valence-corrected chi connectivity index (χ2v) is 5.05. The van der Waals surface area contributed by atoms with Crippen LogP contribution in [0.4, 0.5) is 14.7 Å². The number of rotatable bonds is 4. The molecule has 21 heavy (non-hydrogen) atoms. The number of anilines is 1. The van der Waals surface area contributed by atoms with Gasteiger partial charge in [-0.05, 0) is 25.0 Å². The van der Waals surface area contributed by atoms with Crippen LogP contribution in [-0.4, -0.2) is 21.1 Å². The lowest BCUT2D eigenvalue weighted by molar-refractivity contribution is 0.102. The number of nitrogens with zero attached hydrogens (tertiary/aromatic N) is 2. The first-order valence-electron chi connectivity index (χ1n) is 6.75. The number of aromatic nitrogens is 3. The van der Waals surface area contributed by atoms with Gasteiger partial charge in [0.25, 0.3) is 12.3 Å². The third-order valence-corrected chi connectivity index (χ3v) is 3.62. The number of alkyl halides is 2. The molecule has 0 aliphatic heterocycles. The van der Waals surface area contributed by atoms with Gasteiger partial charge < -0.3 is 0 Å². The van der Waals surface area contributed by atoms with E-state index in [4.69, 9.17) is 0 Å². The normalized spacial score (nSPS) is 15.0. The summed E-state index contributed by atoms with van der Waals surface area (Å²) in [6, 6.07) is 5.34. The summed E-state index contributed by atoms with van der Waals surface area (Å²) in [7, 11) is 0. The van der Waals surface area contributed by atoms with Gasteiger partial charge in [0.15, 0.2) is 0 Å². The van der Waals surface area contributed by atoms with E-state index in [1.165, 1.54) is 30.7 Å². The lowest BCUT2D eigenvalue weighted by Gasteiger charge is -2.22. The van der Waals surface area contributed by atoms with Gasteiger partial charge in [0, 0.05) is 17.0 Å². The van der Waals surface area contributed by atoms with Crippen LogP contribution in [0.3, 0.4) is 0 Å². The maximum Gasteiger partial charge on any atom is 0.263 e. The first-order chi connectivity index (χ1) is 10.1. The van der Waals surface area contributed by atoms with E-state index < -0.39 is 12.3 Å². The molecule has 2 N–H and O–H groups in total. The van der Waals surface area contributed by atoms with Crippen molar-refractivity contribution in [3.63, 3.8) is 0 Å². The molecule has 1 saturated carbocycles. The van der Waals surface area contributed by atoms with Gasteiger partial charge >= 0.3 is 0 Å². The Morgan fingerprint density at radius 3 is 2.86 bits per heavy atom. The van der Waals surface area contributed by atoms with Gasteiger partial charge in [-0.2, -0.15) is 4.98 Å². The molecular weight excluding hydrogens is 278 g/mol. The van der Waals surface area contributed by atoms with Crippen molar-refractivity contribution in [2.24, 2.45) is 0 Å². The fraction of sp³-hybridized carbons (Fsp3) is 0.357. The van der Waals surface area contributed by atoms with Crippen molar-refractivity contribution in [1.29, 1.82) is 0 Å². The maximum atomic E-state index is 12.6. The highest BCUT2D eigenvalue weighted by Crippen LogP contribution is 2.34. The summed E-state index contributed by atoms with van der Waals surface area (Å²) in [4.78, 5) is 16.2. The number of benzene rings is 1. The molecule has 5 nitrogen and oxygen atoms in total. The molecule has 0 spiro atoms. The first kappa shape index (κ1) is 13.7. The molecule has 7 heteroatoms. The predicted octanol–water partition coefficient (Wildman–Crippen LogP) is 3.26. The lowest BCUT2D eigenvalue weighted by Crippen LogP contribution is -2.14. The highest BCUT2D eigenvalue weighted by Gasteiger charge is 2.23. The molecular formula is C14H14F2N4O. The zero-order valence-electron chi connectivity index (χ0n) is 11.1. The van der Waals surface area contributed by atoms with Gasteiger partial charge in [-0.25, -0.2) is 8.78 Å². The number of nitrogens with one attached hydrogen (secondary N) is 2. The average molecular weight is 292 g/mol. The van der Waals surface area contributed by atoms with E-state index >= 15 is 0 Å². The van der Waals surface area contributed by atoms with Crippen molar-refractivity contribution in [2.75, 3.05) is 5.32 Å². The van der Waals surface area contributed by atoms with Gasteiger partial charge in [-0.1, -0.05) is 18.6 Å². The van der Waals surface area contributed by atoms with Gasteiger partial charge in [-0.3, -0.25) is 15.2 Å². The Bertz CT molecular complexity index is 652. The van der Waals surface area contributed by atoms with Crippen molar-refractivity contribution in [3.05, 3.63) is 41.2 Å². The summed E-state index contributed by atoms with van der Waals surface area (Å²) in [6.45, 7) is 0. The third kappa shape index (κ3) is 2.91. The Labute approximate surface area is 119 Å². The maximum absolute atomic E-state index is 12.6. The largest absolute Gasteiger partial charge is 0.289 e. The number of halogens is 2. The van der Waals surface area contributed by atoms with Crippen LogP contribution >= 0.6 is 0 Å². The second-order valence-electron chi connectivity index (χ2n) is 5.05. The Kier molecular flexibility index (Phi) is 3.64. The Hall–Kier alpha value is -2.31. The molecule has 1 fully saturated rings. The van der Waals surface area contributed by atoms with Crippen LogP contribution in [0.15, 0.2) is 24.3 Å². The molecule has 1 heterocycles. The standard InChI is InChI=1S/C14H14F2N4O/c15-11(16)9-5-2-6-10(7-9)13(21)18-14-17-12(19-20-14)8-3-1-4-8/h2,5-8,11H,1,3-4H2,(H2,17,18,19,20,21). The number of amides is 1. The molecule has 0 atom stereocenters. The number of H-pyrrole nitrogens is 1. The summed E-state index contributed by atoms with van der Waals surface area (Å²) < 4.78 is 25.2. The SMILES string of the molecule is O=C(Nc1n[nH]c(C2CCC2)n1)c1cccc(C(F)F)c1. The van der Waals surface area contributed by atoms with E-state index in [9.17, 15) is 13.6 Å². The van der Waals surface area contributed by atoms with Crippen LogP contribution in [0, 0.1) is 0 Å². The van der Waals surface area contributed by atoms with E-state index in [-0.39, 0.29) is 17.1 Å². The smallest absolute Gasteiger partial charge is 0.263 e. The molecule has 2 aromatic rings. The minimum Gasteiger partial charge on any atom is -0.289 e. The molecule has 110 valence electrons. The first-order valence-corrected chi connectivity index (χ1v) is 6.75. The van der Waals surface area contributed by atoms with Crippen molar-refractivity contribution in [3.8, 4) is 0 Å². The van der Waals surface area contributed by atoms with Crippen molar-refractivity contribution < 1.29 is 13.6 Å². The van der Waals surface area contributed by atoms with E-state index in [1.807, 2.05) is 0 Å². The van der Waals surface area contributed by atoms with Gasteiger partial charge in [0.1, 0.15) is 5.82 Å². The molecule has 0 unspecified atom stereocenters. The predicted molar refractivity (Wildman–Crippen MR) is 72.3 cm³/mol. The highest BCUT2D eigenvalue weighted by atomic mass is 19.3. The number of aromatic amines is 1. The second kappa shape index (κ2) is 5.59. The third-order valence-electron chi connectivity index (χ3n) is 3.62. The zero-order chi connectivity index (χ0) is 14.8. The van der Waals surface area contributed by atoms with Crippen LogP contribution in [0.1, 0.15) is 53.4 Å². The number of hydrogen-bond donors (Lipinski definition) is 2. The Morgan fingerprint density at radius 1 is 1.38 bits per heavy atom. The van der Waals surface area contributed by atoms with Crippen LogP contribution < -0.4 is 5.32 Å². The molecule has 0 bridgehead atoms.